The highest BCUT2D eigenvalue weighted by Crippen LogP contribution is 2.28. The van der Waals surface area contributed by atoms with Crippen molar-refractivity contribution in [3.8, 4) is 0 Å². The van der Waals surface area contributed by atoms with Crippen LogP contribution in [0, 0.1) is 0 Å². The molecule has 0 bridgehead atoms. The van der Waals surface area contributed by atoms with Gasteiger partial charge in [-0.1, -0.05) is 29.8 Å². The van der Waals surface area contributed by atoms with E-state index in [2.05, 4.69) is 10.4 Å². The van der Waals surface area contributed by atoms with Gasteiger partial charge in [-0.05, 0) is 18.2 Å². The van der Waals surface area contributed by atoms with Gasteiger partial charge in [-0.15, -0.1) is 0 Å². The first-order valence-electron chi connectivity index (χ1n) is 7.99. The van der Waals surface area contributed by atoms with E-state index in [1.807, 2.05) is 0 Å². The summed E-state index contributed by atoms with van der Waals surface area (Å²) in [6, 6.07) is 11.3. The van der Waals surface area contributed by atoms with Gasteiger partial charge in [-0.3, -0.25) is 10.00 Å². The second-order valence-corrected chi connectivity index (χ2v) is 6.25. The molecule has 1 N–H and O–H groups in total. The van der Waals surface area contributed by atoms with Crippen LogP contribution in [0.4, 0.5) is 19.4 Å². The van der Waals surface area contributed by atoms with E-state index in [9.17, 15) is 13.6 Å². The lowest BCUT2D eigenvalue weighted by atomic mass is 10.2. The predicted octanol–water partition coefficient (Wildman–Crippen LogP) is 5.04. The number of rotatable bonds is 6. The van der Waals surface area contributed by atoms with E-state index < -0.39 is 17.8 Å². The molecule has 0 fully saturated rings. The summed E-state index contributed by atoms with van der Waals surface area (Å²) in [5.74, 6) is -2.87. The molecule has 0 spiro atoms. The van der Waals surface area contributed by atoms with Crippen LogP contribution in [0.3, 0.4) is 0 Å². The number of carbonyl (C=O) groups is 1. The van der Waals surface area contributed by atoms with Crippen LogP contribution >= 0.6 is 11.6 Å². The van der Waals surface area contributed by atoms with Gasteiger partial charge in [-0.25, -0.2) is 4.79 Å². The number of aromatic nitrogens is 2. The summed E-state index contributed by atoms with van der Waals surface area (Å²) < 4.78 is 38.0. The van der Waals surface area contributed by atoms with Crippen molar-refractivity contribution in [2.45, 2.75) is 26.0 Å². The van der Waals surface area contributed by atoms with Crippen molar-refractivity contribution in [2.75, 3.05) is 5.32 Å². The monoisotopic (exact) mass is 395 g/mol. The summed E-state index contributed by atoms with van der Waals surface area (Å²) in [6.45, 7) is 0.929. The summed E-state index contributed by atoms with van der Waals surface area (Å²) in [6.07, 6.45) is 0.891. The van der Waals surface area contributed by atoms with E-state index in [4.69, 9.17) is 20.8 Å². The molecule has 2 heterocycles. The lowest BCUT2D eigenvalue weighted by Gasteiger charge is -2.06. The Morgan fingerprint density at radius 2 is 2.07 bits per heavy atom. The van der Waals surface area contributed by atoms with Crippen LogP contribution in [-0.2, 0) is 23.8 Å². The lowest BCUT2D eigenvalue weighted by molar-refractivity contribution is -0.00636. The second kappa shape index (κ2) is 7.79. The Labute approximate surface area is 158 Å². The molecule has 2 aromatic heterocycles. The van der Waals surface area contributed by atoms with Crippen LogP contribution in [0.5, 0.6) is 0 Å². The topological polar surface area (TPSA) is 69.3 Å². The van der Waals surface area contributed by atoms with Gasteiger partial charge in [0, 0.05) is 29.8 Å². The van der Waals surface area contributed by atoms with Crippen molar-refractivity contribution >= 4 is 23.5 Å². The van der Waals surface area contributed by atoms with Crippen LogP contribution in [0.2, 0.25) is 5.02 Å². The van der Waals surface area contributed by atoms with Crippen molar-refractivity contribution in [2.24, 2.45) is 0 Å². The number of nitrogens with one attached hydrogen (secondary N) is 1. The number of nitrogens with zero attached hydrogens (tertiary/aromatic N) is 2. The molecular weight excluding hydrogens is 380 g/mol. The summed E-state index contributed by atoms with van der Waals surface area (Å²) >= 11 is 5.99. The van der Waals surface area contributed by atoms with Gasteiger partial charge in [0.25, 0.3) is 0 Å². The van der Waals surface area contributed by atoms with Crippen LogP contribution in [0.25, 0.3) is 0 Å². The first kappa shape index (κ1) is 18.9. The smallest absolute Gasteiger partial charge is 0.413 e. The Morgan fingerprint density at radius 3 is 2.78 bits per heavy atom. The molecule has 1 amide bonds. The zero-order valence-electron chi connectivity index (χ0n) is 14.3. The first-order valence-corrected chi connectivity index (χ1v) is 8.37. The number of carbonyl (C=O) groups excluding carboxylic acids is 1. The number of amides is 1. The van der Waals surface area contributed by atoms with E-state index in [0.717, 1.165) is 6.92 Å². The number of hydrogen-bond acceptors (Lipinski definition) is 4. The van der Waals surface area contributed by atoms with E-state index in [-0.39, 0.29) is 19.0 Å². The molecule has 27 heavy (non-hydrogen) atoms. The zero-order valence-corrected chi connectivity index (χ0v) is 15.0. The molecule has 0 atom stereocenters. The molecule has 142 valence electrons. The normalized spacial score (nSPS) is 11.4. The summed E-state index contributed by atoms with van der Waals surface area (Å²) in [5.41, 5.74) is 0.682. The third kappa shape index (κ3) is 5.07. The van der Waals surface area contributed by atoms with Crippen molar-refractivity contribution in [3.63, 3.8) is 0 Å². The zero-order chi connectivity index (χ0) is 19.4. The average molecular weight is 396 g/mol. The Kier molecular flexibility index (Phi) is 5.46. The fraction of sp³-hybridized carbons (Fsp3) is 0.222. The van der Waals surface area contributed by atoms with E-state index in [1.54, 1.807) is 36.5 Å². The lowest BCUT2D eigenvalue weighted by Crippen LogP contribution is -2.14. The SMILES string of the molecule is CC(F)(F)c1ccc(Cn2ccc(NC(=O)OCc3ccccc3Cl)n2)o1. The third-order valence-electron chi connectivity index (χ3n) is 3.60. The second-order valence-electron chi connectivity index (χ2n) is 5.85. The molecule has 3 aromatic rings. The van der Waals surface area contributed by atoms with Gasteiger partial charge in [0.1, 0.15) is 12.4 Å². The van der Waals surface area contributed by atoms with Crippen LogP contribution < -0.4 is 5.32 Å². The van der Waals surface area contributed by atoms with Gasteiger partial charge < -0.3 is 9.15 Å². The Bertz CT molecular complexity index is 934. The largest absolute Gasteiger partial charge is 0.458 e. The highest BCUT2D eigenvalue weighted by Gasteiger charge is 2.28. The number of furan rings is 1. The standard InChI is InChI=1S/C18H16ClF2N3O3/c1-18(20,21)15-7-6-13(27-15)10-24-9-8-16(23-24)22-17(25)26-11-12-4-2-3-5-14(12)19/h2-9H,10-11H2,1H3,(H,22,23,25). The summed E-state index contributed by atoms with van der Waals surface area (Å²) in [7, 11) is 0. The van der Waals surface area contributed by atoms with Crippen LogP contribution in [0.15, 0.2) is 53.1 Å². The van der Waals surface area contributed by atoms with Gasteiger partial charge in [0.15, 0.2) is 11.6 Å². The first-order chi connectivity index (χ1) is 12.8. The predicted molar refractivity (Wildman–Crippen MR) is 94.9 cm³/mol. The van der Waals surface area contributed by atoms with Gasteiger partial charge in [0.05, 0.1) is 6.54 Å². The number of benzene rings is 1. The van der Waals surface area contributed by atoms with Crippen molar-refractivity contribution in [1.82, 2.24) is 9.78 Å². The van der Waals surface area contributed by atoms with Gasteiger partial charge in [0.2, 0.25) is 0 Å². The van der Waals surface area contributed by atoms with E-state index in [1.165, 1.54) is 16.8 Å². The average Bonchev–Trinajstić information content (AvgIpc) is 3.24. The molecule has 0 aliphatic carbocycles. The number of anilines is 1. The number of halogens is 3. The fourth-order valence-corrected chi connectivity index (χ4v) is 2.46. The van der Waals surface area contributed by atoms with Crippen molar-refractivity contribution in [1.29, 1.82) is 0 Å². The molecule has 1 aromatic carbocycles. The molecule has 0 aliphatic rings. The molecule has 0 unspecified atom stereocenters. The molecule has 0 radical (unpaired) electrons. The van der Waals surface area contributed by atoms with Crippen LogP contribution in [0.1, 0.15) is 24.0 Å². The Hall–Kier alpha value is -2.87. The fourth-order valence-electron chi connectivity index (χ4n) is 2.27. The summed E-state index contributed by atoms with van der Waals surface area (Å²) in [4.78, 5) is 11.9. The molecule has 9 heteroatoms. The Morgan fingerprint density at radius 1 is 1.30 bits per heavy atom. The van der Waals surface area contributed by atoms with E-state index in [0.29, 0.717) is 16.3 Å². The number of alkyl halides is 2. The molecule has 0 aliphatic heterocycles. The minimum Gasteiger partial charge on any atom is -0.458 e. The molecular formula is C18H16ClF2N3O3. The van der Waals surface area contributed by atoms with Crippen molar-refractivity contribution < 1.29 is 22.7 Å². The minimum atomic E-state index is -3.04. The molecule has 0 saturated heterocycles. The highest BCUT2D eigenvalue weighted by atomic mass is 35.5. The van der Waals surface area contributed by atoms with E-state index >= 15 is 0 Å². The minimum absolute atomic E-state index is 0.0205. The number of hydrogen-bond donors (Lipinski definition) is 1. The number of ether oxygens (including phenoxy) is 1. The maximum atomic E-state index is 13.2. The Balaban J connectivity index is 1.54. The third-order valence-corrected chi connectivity index (χ3v) is 3.97. The molecule has 6 nitrogen and oxygen atoms in total. The maximum Gasteiger partial charge on any atom is 0.413 e. The summed E-state index contributed by atoms with van der Waals surface area (Å²) in [5, 5.41) is 7.11. The van der Waals surface area contributed by atoms with Crippen LogP contribution in [-0.4, -0.2) is 15.9 Å². The van der Waals surface area contributed by atoms with Gasteiger partial charge >= 0.3 is 12.0 Å². The molecule has 3 rings (SSSR count). The quantitative estimate of drug-likeness (QED) is 0.635. The highest BCUT2D eigenvalue weighted by molar-refractivity contribution is 6.31. The van der Waals surface area contributed by atoms with Crippen molar-refractivity contribution in [3.05, 3.63) is 70.8 Å². The van der Waals surface area contributed by atoms with Gasteiger partial charge in [-0.2, -0.15) is 13.9 Å². The molecule has 0 saturated carbocycles. The maximum absolute atomic E-state index is 13.2.